The molecule has 0 aromatic carbocycles. The van der Waals surface area contributed by atoms with Gasteiger partial charge in [0.2, 0.25) is 5.91 Å². The normalized spacial score (nSPS) is 12.7. The predicted octanol–water partition coefficient (Wildman–Crippen LogP) is 6.68. The average Bonchev–Trinajstić information content (AvgIpc) is 2.66. The quantitative estimate of drug-likeness (QED) is 0.172. The van der Waals surface area contributed by atoms with Gasteiger partial charge < -0.3 is 10.8 Å². The van der Waals surface area contributed by atoms with E-state index in [1.54, 1.807) is 0 Å². The molecule has 0 saturated carbocycles. The number of hydrogen-bond acceptors (Lipinski definition) is 2. The van der Waals surface area contributed by atoms with Crippen molar-refractivity contribution in [2.75, 3.05) is 6.61 Å². The molecule has 3 nitrogen and oxygen atoms in total. The molecule has 160 valence electrons. The third-order valence-electron chi connectivity index (χ3n) is 5.42. The summed E-state index contributed by atoms with van der Waals surface area (Å²) in [5.41, 5.74) is 5.13. The molecule has 0 fully saturated rings. The molecule has 3 heteroatoms. The SMILES string of the molecule is CCCCC(CO)CCCC/C=C\CCCCCCCCCCCC(N)=O. The van der Waals surface area contributed by atoms with E-state index in [1.165, 1.54) is 96.3 Å². The summed E-state index contributed by atoms with van der Waals surface area (Å²) < 4.78 is 0. The van der Waals surface area contributed by atoms with Gasteiger partial charge in [-0.05, 0) is 50.9 Å². The van der Waals surface area contributed by atoms with Crippen LogP contribution in [-0.4, -0.2) is 17.6 Å². The molecule has 1 amide bonds. The molecule has 0 saturated heterocycles. The first-order valence-electron chi connectivity index (χ1n) is 11.7. The highest BCUT2D eigenvalue weighted by Crippen LogP contribution is 2.16. The first-order chi connectivity index (χ1) is 13.2. The minimum Gasteiger partial charge on any atom is -0.396 e. The van der Waals surface area contributed by atoms with E-state index in [9.17, 15) is 9.90 Å². The van der Waals surface area contributed by atoms with Gasteiger partial charge in [0.15, 0.2) is 0 Å². The minimum atomic E-state index is -0.165. The number of carbonyl (C=O) groups is 1. The topological polar surface area (TPSA) is 63.3 Å². The van der Waals surface area contributed by atoms with Crippen LogP contribution >= 0.6 is 0 Å². The number of aliphatic hydroxyl groups excluding tert-OH is 1. The molecule has 0 radical (unpaired) electrons. The lowest BCUT2D eigenvalue weighted by atomic mass is 9.96. The molecule has 0 aliphatic rings. The molecule has 0 heterocycles. The Morgan fingerprint density at radius 3 is 1.78 bits per heavy atom. The number of aliphatic hydroxyl groups is 1. The lowest BCUT2D eigenvalue weighted by Gasteiger charge is -2.12. The van der Waals surface area contributed by atoms with Gasteiger partial charge in [0.25, 0.3) is 0 Å². The number of carbonyl (C=O) groups excluding carboxylic acids is 1. The number of allylic oxidation sites excluding steroid dienone is 2. The van der Waals surface area contributed by atoms with Gasteiger partial charge in [-0.3, -0.25) is 4.79 Å². The fourth-order valence-corrected chi connectivity index (χ4v) is 3.55. The fourth-order valence-electron chi connectivity index (χ4n) is 3.55. The van der Waals surface area contributed by atoms with E-state index in [4.69, 9.17) is 5.73 Å². The van der Waals surface area contributed by atoms with Gasteiger partial charge in [0, 0.05) is 13.0 Å². The molecule has 0 aromatic heterocycles. The monoisotopic (exact) mass is 381 g/mol. The molecule has 0 aromatic rings. The highest BCUT2D eigenvalue weighted by atomic mass is 16.3. The van der Waals surface area contributed by atoms with Gasteiger partial charge in [-0.15, -0.1) is 0 Å². The molecule has 3 N–H and O–H groups in total. The van der Waals surface area contributed by atoms with Crippen molar-refractivity contribution in [3.8, 4) is 0 Å². The maximum absolute atomic E-state index is 10.6. The van der Waals surface area contributed by atoms with Crippen molar-refractivity contribution in [1.82, 2.24) is 0 Å². The zero-order valence-electron chi connectivity index (χ0n) is 18.1. The van der Waals surface area contributed by atoms with E-state index in [-0.39, 0.29) is 5.91 Å². The second-order valence-electron chi connectivity index (χ2n) is 8.13. The van der Waals surface area contributed by atoms with Crippen molar-refractivity contribution in [3.63, 3.8) is 0 Å². The first kappa shape index (κ1) is 26.2. The van der Waals surface area contributed by atoms with E-state index >= 15 is 0 Å². The van der Waals surface area contributed by atoms with Gasteiger partial charge in [-0.1, -0.05) is 83.3 Å². The standard InChI is InChI=1S/C24H47NO2/c1-2-3-19-23(22-26)20-17-15-13-11-9-7-5-4-6-8-10-12-14-16-18-21-24(25)27/h9,11,23,26H,2-8,10,12-22H2,1H3,(H2,25,27)/b11-9-. The Hall–Kier alpha value is -0.830. The highest BCUT2D eigenvalue weighted by molar-refractivity contribution is 5.73. The molecule has 1 atom stereocenters. The van der Waals surface area contributed by atoms with Gasteiger partial charge in [0.05, 0.1) is 0 Å². The number of rotatable bonds is 21. The van der Waals surface area contributed by atoms with E-state index < -0.39 is 0 Å². The van der Waals surface area contributed by atoms with Crippen LogP contribution < -0.4 is 5.73 Å². The van der Waals surface area contributed by atoms with Crippen molar-refractivity contribution in [2.45, 2.75) is 122 Å². The van der Waals surface area contributed by atoms with Crippen LogP contribution in [-0.2, 0) is 4.79 Å². The summed E-state index contributed by atoms with van der Waals surface area (Å²) in [6.45, 7) is 2.58. The van der Waals surface area contributed by atoms with Crippen LogP contribution in [0.25, 0.3) is 0 Å². The number of primary amides is 1. The van der Waals surface area contributed by atoms with Crippen LogP contribution in [0.5, 0.6) is 0 Å². The Morgan fingerprint density at radius 1 is 0.778 bits per heavy atom. The van der Waals surface area contributed by atoms with Crippen LogP contribution in [0.4, 0.5) is 0 Å². The smallest absolute Gasteiger partial charge is 0.217 e. The largest absolute Gasteiger partial charge is 0.396 e. The minimum absolute atomic E-state index is 0.165. The predicted molar refractivity (Wildman–Crippen MR) is 118 cm³/mol. The third kappa shape index (κ3) is 21.3. The third-order valence-corrected chi connectivity index (χ3v) is 5.42. The van der Waals surface area contributed by atoms with Crippen molar-refractivity contribution in [3.05, 3.63) is 12.2 Å². The van der Waals surface area contributed by atoms with Crippen LogP contribution in [0.15, 0.2) is 12.2 Å². The summed E-state index contributed by atoms with van der Waals surface area (Å²) in [6, 6.07) is 0. The number of hydrogen-bond donors (Lipinski definition) is 2. The summed E-state index contributed by atoms with van der Waals surface area (Å²) >= 11 is 0. The molecular weight excluding hydrogens is 334 g/mol. The van der Waals surface area contributed by atoms with Crippen LogP contribution in [0.2, 0.25) is 0 Å². The van der Waals surface area contributed by atoms with Crippen LogP contribution in [0, 0.1) is 5.92 Å². The van der Waals surface area contributed by atoms with Gasteiger partial charge >= 0.3 is 0 Å². The molecule has 0 aliphatic carbocycles. The Balaban J connectivity index is 3.23. The molecule has 27 heavy (non-hydrogen) atoms. The fraction of sp³-hybridized carbons (Fsp3) is 0.875. The van der Waals surface area contributed by atoms with Crippen molar-refractivity contribution >= 4 is 5.91 Å². The second-order valence-corrected chi connectivity index (χ2v) is 8.13. The molecule has 0 spiro atoms. The Labute approximate surface area is 169 Å². The van der Waals surface area contributed by atoms with Gasteiger partial charge in [-0.25, -0.2) is 0 Å². The van der Waals surface area contributed by atoms with Crippen molar-refractivity contribution in [2.24, 2.45) is 11.7 Å². The maximum Gasteiger partial charge on any atom is 0.217 e. The van der Waals surface area contributed by atoms with E-state index in [1.807, 2.05) is 0 Å². The first-order valence-corrected chi connectivity index (χ1v) is 11.7. The molecule has 0 rings (SSSR count). The van der Waals surface area contributed by atoms with Gasteiger partial charge in [-0.2, -0.15) is 0 Å². The number of amides is 1. The Morgan fingerprint density at radius 2 is 1.26 bits per heavy atom. The summed E-state index contributed by atoms with van der Waals surface area (Å²) in [4.78, 5) is 10.6. The summed E-state index contributed by atoms with van der Waals surface area (Å²) in [5.74, 6) is 0.367. The lowest BCUT2D eigenvalue weighted by molar-refractivity contribution is -0.118. The maximum atomic E-state index is 10.6. The Bertz CT molecular complexity index is 341. The average molecular weight is 382 g/mol. The highest BCUT2D eigenvalue weighted by Gasteiger charge is 2.05. The molecule has 1 unspecified atom stereocenters. The van der Waals surface area contributed by atoms with E-state index in [0.717, 1.165) is 12.8 Å². The number of nitrogens with two attached hydrogens (primary N) is 1. The lowest BCUT2D eigenvalue weighted by Crippen LogP contribution is -2.09. The molecular formula is C24H47NO2. The van der Waals surface area contributed by atoms with Crippen LogP contribution in [0.3, 0.4) is 0 Å². The van der Waals surface area contributed by atoms with Crippen LogP contribution in [0.1, 0.15) is 122 Å². The molecule has 0 aliphatic heterocycles. The Kier molecular flexibility index (Phi) is 20.8. The van der Waals surface area contributed by atoms with Gasteiger partial charge in [0.1, 0.15) is 0 Å². The zero-order valence-corrected chi connectivity index (χ0v) is 18.1. The molecule has 0 bridgehead atoms. The van der Waals surface area contributed by atoms with E-state index in [0.29, 0.717) is 18.9 Å². The summed E-state index contributed by atoms with van der Waals surface area (Å²) in [5, 5.41) is 9.37. The summed E-state index contributed by atoms with van der Waals surface area (Å²) in [6.07, 6.45) is 26.4. The van der Waals surface area contributed by atoms with Crippen molar-refractivity contribution < 1.29 is 9.90 Å². The zero-order chi connectivity index (χ0) is 20.0. The number of unbranched alkanes of at least 4 members (excludes halogenated alkanes) is 12. The van der Waals surface area contributed by atoms with E-state index in [2.05, 4.69) is 19.1 Å². The second kappa shape index (κ2) is 21.5. The van der Waals surface area contributed by atoms with Crippen molar-refractivity contribution in [1.29, 1.82) is 0 Å². The summed E-state index contributed by atoms with van der Waals surface area (Å²) in [7, 11) is 0.